The first-order valence-electron chi connectivity index (χ1n) is 8.78. The minimum absolute atomic E-state index is 0.0291. The monoisotopic (exact) mass is 403 g/mol. The van der Waals surface area contributed by atoms with Crippen molar-refractivity contribution in [1.29, 1.82) is 0 Å². The van der Waals surface area contributed by atoms with Crippen molar-refractivity contribution in [2.75, 3.05) is 18.5 Å². The number of hydrogen-bond donors (Lipinski definition) is 4. The summed E-state index contributed by atoms with van der Waals surface area (Å²) < 4.78 is 5.12. The molecule has 3 aliphatic heterocycles. The SMILES string of the molecule is O=C(Nc1ccc(O)cc1)OCC1=C(C(=O)O)N2C(=O)[C@@H]3[C@H]2[C@H](C1)CN3C(=O)O. The molecule has 2 fully saturated rings. The summed E-state index contributed by atoms with van der Waals surface area (Å²) in [6, 6.07) is 4.32. The van der Waals surface area contributed by atoms with Crippen LogP contribution < -0.4 is 5.32 Å². The maximum atomic E-state index is 12.4. The van der Waals surface area contributed by atoms with Crippen molar-refractivity contribution in [3.8, 4) is 5.75 Å². The number of anilines is 1. The lowest BCUT2D eigenvalue weighted by atomic mass is 9.79. The van der Waals surface area contributed by atoms with Crippen molar-refractivity contribution in [2.24, 2.45) is 5.92 Å². The van der Waals surface area contributed by atoms with Crippen LogP contribution in [0.2, 0.25) is 0 Å². The van der Waals surface area contributed by atoms with Gasteiger partial charge in [0.15, 0.2) is 0 Å². The van der Waals surface area contributed by atoms with E-state index in [4.69, 9.17) is 4.74 Å². The second-order valence-electron chi connectivity index (χ2n) is 7.05. The first-order valence-corrected chi connectivity index (χ1v) is 8.78. The Morgan fingerprint density at radius 3 is 2.48 bits per heavy atom. The van der Waals surface area contributed by atoms with E-state index in [1.165, 1.54) is 24.3 Å². The molecule has 0 saturated carbocycles. The Kier molecular flexibility index (Phi) is 4.29. The molecule has 4 rings (SSSR count). The van der Waals surface area contributed by atoms with Crippen LogP contribution in [0.4, 0.5) is 15.3 Å². The number of phenols is 1. The molecule has 3 amide bonds. The number of aliphatic carboxylic acids is 1. The Morgan fingerprint density at radius 1 is 1.17 bits per heavy atom. The van der Waals surface area contributed by atoms with Gasteiger partial charge in [-0.3, -0.25) is 19.9 Å². The van der Waals surface area contributed by atoms with Crippen LogP contribution in [0.15, 0.2) is 35.5 Å². The molecule has 3 atom stereocenters. The van der Waals surface area contributed by atoms with Crippen molar-refractivity contribution in [2.45, 2.75) is 18.5 Å². The number of ether oxygens (including phenoxy) is 1. The van der Waals surface area contributed by atoms with Crippen molar-refractivity contribution < 1.29 is 39.2 Å². The maximum absolute atomic E-state index is 12.4. The molecule has 0 aliphatic carbocycles. The minimum atomic E-state index is -1.33. The fourth-order valence-corrected chi connectivity index (χ4v) is 4.21. The highest BCUT2D eigenvalue weighted by atomic mass is 16.5. The molecule has 1 aromatic carbocycles. The molecule has 2 saturated heterocycles. The van der Waals surface area contributed by atoms with Gasteiger partial charge < -0.3 is 20.1 Å². The van der Waals surface area contributed by atoms with Gasteiger partial charge >= 0.3 is 18.2 Å². The molecule has 1 aromatic rings. The van der Waals surface area contributed by atoms with E-state index in [9.17, 15) is 34.5 Å². The zero-order valence-electron chi connectivity index (χ0n) is 14.9. The average molecular weight is 403 g/mol. The Balaban J connectivity index is 1.49. The van der Waals surface area contributed by atoms with Gasteiger partial charge in [0.25, 0.3) is 5.91 Å². The molecule has 152 valence electrons. The highest BCUT2D eigenvalue weighted by molar-refractivity contribution is 6.02. The van der Waals surface area contributed by atoms with Crippen LogP contribution in [0.1, 0.15) is 6.42 Å². The summed E-state index contributed by atoms with van der Waals surface area (Å²) >= 11 is 0. The van der Waals surface area contributed by atoms with E-state index in [1.807, 2.05) is 0 Å². The highest BCUT2D eigenvalue weighted by Crippen LogP contribution is 2.47. The largest absolute Gasteiger partial charge is 0.508 e. The van der Waals surface area contributed by atoms with Crippen LogP contribution in [-0.2, 0) is 14.3 Å². The van der Waals surface area contributed by atoms with E-state index in [-0.39, 0.29) is 42.5 Å². The Bertz CT molecular complexity index is 941. The van der Waals surface area contributed by atoms with E-state index in [0.717, 1.165) is 9.80 Å². The Morgan fingerprint density at radius 2 is 1.86 bits per heavy atom. The van der Waals surface area contributed by atoms with Crippen LogP contribution in [0, 0.1) is 5.92 Å². The molecular formula is C18H17N3O8. The number of aromatic hydroxyl groups is 1. The van der Waals surface area contributed by atoms with Crippen molar-refractivity contribution in [3.63, 3.8) is 0 Å². The standard InChI is InChI=1S/C18H17N3O8/c22-11-3-1-10(2-4-11)19-17(26)29-7-9-5-8-6-20(18(27)28)14-12(8)21(15(14)23)13(9)16(24)25/h1-4,8,12,14,22H,5-7H2,(H,19,26)(H,24,25)(H,27,28)/t8-,12-,14+/m1/s1. The average Bonchev–Trinajstić information content (AvgIpc) is 3.04. The number of phenolic OH excluding ortho intramolecular Hbond substituents is 1. The van der Waals surface area contributed by atoms with Crippen molar-refractivity contribution in [3.05, 3.63) is 35.5 Å². The van der Waals surface area contributed by atoms with Crippen LogP contribution in [0.3, 0.4) is 0 Å². The number of nitrogens with zero attached hydrogens (tertiary/aromatic N) is 2. The first kappa shape index (κ1) is 18.6. The zero-order chi connectivity index (χ0) is 20.9. The number of nitrogens with one attached hydrogen (secondary N) is 1. The number of carbonyl (C=O) groups is 4. The van der Waals surface area contributed by atoms with Gasteiger partial charge in [-0.15, -0.1) is 0 Å². The first-order chi connectivity index (χ1) is 13.8. The summed E-state index contributed by atoms with van der Waals surface area (Å²) in [5, 5.41) is 30.5. The summed E-state index contributed by atoms with van der Waals surface area (Å²) in [6.45, 7) is -0.237. The number of benzene rings is 1. The number of carboxylic acids is 1. The van der Waals surface area contributed by atoms with E-state index < -0.39 is 36.1 Å². The number of carboxylic acid groups (broad SMARTS) is 2. The lowest BCUT2D eigenvalue weighted by Crippen LogP contribution is -2.69. The van der Waals surface area contributed by atoms with Crippen LogP contribution >= 0.6 is 0 Å². The van der Waals surface area contributed by atoms with E-state index in [2.05, 4.69) is 5.32 Å². The smallest absolute Gasteiger partial charge is 0.411 e. The third kappa shape index (κ3) is 3.00. The molecule has 29 heavy (non-hydrogen) atoms. The predicted molar refractivity (Wildman–Crippen MR) is 95.0 cm³/mol. The molecule has 0 radical (unpaired) electrons. The zero-order valence-corrected chi connectivity index (χ0v) is 14.9. The molecule has 0 aromatic heterocycles. The predicted octanol–water partition coefficient (Wildman–Crippen LogP) is 0.872. The number of carbonyl (C=O) groups excluding carboxylic acids is 2. The molecule has 4 N–H and O–H groups in total. The summed E-state index contributed by atoms with van der Waals surface area (Å²) in [6.07, 6.45) is -1.84. The third-order valence-electron chi connectivity index (χ3n) is 5.39. The molecule has 0 spiro atoms. The van der Waals surface area contributed by atoms with Gasteiger partial charge in [0, 0.05) is 18.2 Å². The summed E-state index contributed by atoms with van der Waals surface area (Å²) in [5.74, 6) is -2.14. The van der Waals surface area contributed by atoms with Gasteiger partial charge in [0.1, 0.15) is 24.1 Å². The summed E-state index contributed by atoms with van der Waals surface area (Å²) in [4.78, 5) is 49.7. The summed E-state index contributed by atoms with van der Waals surface area (Å²) in [7, 11) is 0. The molecule has 3 aliphatic rings. The van der Waals surface area contributed by atoms with Gasteiger partial charge in [-0.1, -0.05) is 0 Å². The maximum Gasteiger partial charge on any atom is 0.411 e. The second-order valence-corrected chi connectivity index (χ2v) is 7.05. The lowest BCUT2D eigenvalue weighted by Gasteiger charge is -2.49. The minimum Gasteiger partial charge on any atom is -0.508 e. The fraction of sp³-hybridized carbons (Fsp3) is 0.333. The quantitative estimate of drug-likeness (QED) is 0.426. The third-order valence-corrected chi connectivity index (χ3v) is 5.39. The molecule has 11 nitrogen and oxygen atoms in total. The number of amides is 3. The van der Waals surface area contributed by atoms with E-state index in [0.29, 0.717) is 5.69 Å². The molecule has 3 heterocycles. The van der Waals surface area contributed by atoms with Gasteiger partial charge in [-0.2, -0.15) is 0 Å². The van der Waals surface area contributed by atoms with Gasteiger partial charge in [0.05, 0.1) is 6.04 Å². The van der Waals surface area contributed by atoms with Crippen LogP contribution in [0.25, 0.3) is 0 Å². The van der Waals surface area contributed by atoms with Gasteiger partial charge in [-0.25, -0.2) is 14.4 Å². The molecule has 11 heteroatoms. The summed E-state index contributed by atoms with van der Waals surface area (Å²) in [5.41, 5.74) is 0.369. The van der Waals surface area contributed by atoms with Gasteiger partial charge in [0.2, 0.25) is 0 Å². The Labute approximate surface area is 163 Å². The molecular weight excluding hydrogens is 386 g/mol. The number of β-lactam (4-membered cyclic amide) rings is 1. The van der Waals surface area contributed by atoms with E-state index in [1.54, 1.807) is 0 Å². The van der Waals surface area contributed by atoms with Gasteiger partial charge in [-0.05, 0) is 36.3 Å². The number of rotatable bonds is 4. The Hall–Kier alpha value is -3.76. The molecule has 0 unspecified atom stereocenters. The topological polar surface area (TPSA) is 157 Å². The number of likely N-dealkylation sites (tertiary alicyclic amines) is 1. The van der Waals surface area contributed by atoms with Crippen molar-refractivity contribution in [1.82, 2.24) is 9.80 Å². The highest BCUT2D eigenvalue weighted by Gasteiger charge is 2.64. The lowest BCUT2D eigenvalue weighted by molar-refractivity contribution is -0.156. The van der Waals surface area contributed by atoms with Crippen LogP contribution in [0.5, 0.6) is 5.75 Å². The number of hydrogen-bond acceptors (Lipinski definition) is 6. The second kappa shape index (κ2) is 6.69. The normalized spacial score (nSPS) is 24.7. The van der Waals surface area contributed by atoms with Crippen molar-refractivity contribution >= 4 is 29.8 Å². The van der Waals surface area contributed by atoms with E-state index >= 15 is 0 Å². The molecule has 0 bridgehead atoms. The van der Waals surface area contributed by atoms with Crippen LogP contribution in [-0.4, -0.2) is 74.4 Å². The fourth-order valence-electron chi connectivity index (χ4n) is 4.21.